The van der Waals surface area contributed by atoms with Crippen molar-refractivity contribution in [2.24, 2.45) is 0 Å². The van der Waals surface area contributed by atoms with Crippen molar-refractivity contribution in [3.63, 3.8) is 0 Å². The minimum absolute atomic E-state index is 0.220. The summed E-state index contributed by atoms with van der Waals surface area (Å²) < 4.78 is 27.6. The van der Waals surface area contributed by atoms with Crippen LogP contribution in [0.5, 0.6) is 0 Å². The van der Waals surface area contributed by atoms with E-state index in [2.05, 4.69) is 4.72 Å². The van der Waals surface area contributed by atoms with Crippen LogP contribution in [0.1, 0.15) is 5.56 Å². The van der Waals surface area contributed by atoms with E-state index in [9.17, 15) is 8.42 Å². The summed E-state index contributed by atoms with van der Waals surface area (Å²) in [5.41, 5.74) is 3.16. The van der Waals surface area contributed by atoms with Gasteiger partial charge in [-0.25, -0.2) is 8.42 Å². The first-order valence-electron chi connectivity index (χ1n) is 7.50. The Labute approximate surface area is 157 Å². The second-order valence-corrected chi connectivity index (χ2v) is 8.13. The van der Waals surface area contributed by atoms with Gasteiger partial charge in [-0.1, -0.05) is 59.1 Å². The number of halogens is 2. The van der Waals surface area contributed by atoms with Gasteiger partial charge < -0.3 is 0 Å². The van der Waals surface area contributed by atoms with Gasteiger partial charge in [0, 0.05) is 5.69 Å². The Morgan fingerprint density at radius 1 is 0.800 bits per heavy atom. The average Bonchev–Trinajstić information content (AvgIpc) is 2.57. The molecule has 1 N–H and O–H groups in total. The number of sulfonamides is 1. The maximum absolute atomic E-state index is 12.5. The maximum atomic E-state index is 12.5. The summed E-state index contributed by atoms with van der Waals surface area (Å²) in [6.07, 6.45) is 0. The lowest BCUT2D eigenvalue weighted by Crippen LogP contribution is -2.12. The SMILES string of the molecule is Cc1ccc(S(=O)(=O)Nc2cccc(-c3ccc(Cl)c(Cl)c3)c2)cc1. The van der Waals surface area contributed by atoms with E-state index in [1.165, 1.54) is 0 Å². The molecule has 0 unspecified atom stereocenters. The number of anilines is 1. The second kappa shape index (κ2) is 7.08. The fraction of sp³-hybridized carbons (Fsp3) is 0.0526. The third-order valence-electron chi connectivity index (χ3n) is 3.70. The normalized spacial score (nSPS) is 11.3. The van der Waals surface area contributed by atoms with Crippen LogP contribution >= 0.6 is 23.2 Å². The third kappa shape index (κ3) is 4.15. The molecule has 0 saturated heterocycles. The van der Waals surface area contributed by atoms with Crippen LogP contribution < -0.4 is 4.72 Å². The van der Waals surface area contributed by atoms with Gasteiger partial charge in [0.05, 0.1) is 14.9 Å². The first-order chi connectivity index (χ1) is 11.8. The van der Waals surface area contributed by atoms with Crippen LogP contribution in [0.25, 0.3) is 11.1 Å². The predicted molar refractivity (Wildman–Crippen MR) is 104 cm³/mol. The van der Waals surface area contributed by atoms with Crippen LogP contribution in [0.2, 0.25) is 10.0 Å². The fourth-order valence-corrected chi connectivity index (χ4v) is 3.72. The van der Waals surface area contributed by atoms with Crippen LogP contribution in [0.15, 0.2) is 71.6 Å². The molecule has 0 bridgehead atoms. The minimum Gasteiger partial charge on any atom is -0.280 e. The van der Waals surface area contributed by atoms with Crippen LogP contribution in [0, 0.1) is 6.92 Å². The molecule has 0 fully saturated rings. The van der Waals surface area contributed by atoms with E-state index < -0.39 is 10.0 Å². The van der Waals surface area contributed by atoms with Crippen molar-refractivity contribution in [1.29, 1.82) is 0 Å². The van der Waals surface area contributed by atoms with Gasteiger partial charge in [-0.3, -0.25) is 4.72 Å². The Balaban J connectivity index is 1.91. The van der Waals surface area contributed by atoms with Crippen molar-refractivity contribution in [2.45, 2.75) is 11.8 Å². The molecule has 3 aromatic carbocycles. The summed E-state index contributed by atoms with van der Waals surface area (Å²) in [5, 5.41) is 0.923. The molecule has 3 aromatic rings. The van der Waals surface area contributed by atoms with Crippen molar-refractivity contribution in [2.75, 3.05) is 4.72 Å². The Kier molecular flexibility index (Phi) is 5.04. The molecule has 0 aliphatic heterocycles. The van der Waals surface area contributed by atoms with Crippen LogP contribution in [-0.4, -0.2) is 8.42 Å². The first-order valence-corrected chi connectivity index (χ1v) is 9.74. The topological polar surface area (TPSA) is 46.2 Å². The lowest BCUT2D eigenvalue weighted by Gasteiger charge is -2.10. The molecule has 0 amide bonds. The molecule has 0 aromatic heterocycles. The summed E-state index contributed by atoms with van der Waals surface area (Å²) >= 11 is 12.0. The van der Waals surface area contributed by atoms with Crippen LogP contribution in [0.3, 0.4) is 0 Å². The van der Waals surface area contributed by atoms with Gasteiger partial charge in [-0.05, 0) is 54.4 Å². The quantitative estimate of drug-likeness (QED) is 0.613. The van der Waals surface area contributed by atoms with E-state index in [1.54, 1.807) is 54.6 Å². The van der Waals surface area contributed by atoms with E-state index in [0.717, 1.165) is 16.7 Å². The molecule has 0 spiro atoms. The second-order valence-electron chi connectivity index (χ2n) is 5.63. The summed E-state index contributed by atoms with van der Waals surface area (Å²) in [6.45, 7) is 1.91. The van der Waals surface area contributed by atoms with Crippen LogP contribution in [-0.2, 0) is 10.0 Å². The zero-order valence-electron chi connectivity index (χ0n) is 13.3. The molecule has 3 nitrogen and oxygen atoms in total. The van der Waals surface area contributed by atoms with Gasteiger partial charge in [0.1, 0.15) is 0 Å². The van der Waals surface area contributed by atoms with E-state index >= 15 is 0 Å². The van der Waals surface area contributed by atoms with Gasteiger partial charge in [0.15, 0.2) is 0 Å². The van der Waals surface area contributed by atoms with E-state index in [4.69, 9.17) is 23.2 Å². The lowest BCUT2D eigenvalue weighted by atomic mass is 10.1. The Morgan fingerprint density at radius 2 is 1.48 bits per heavy atom. The van der Waals surface area contributed by atoms with Crippen molar-refractivity contribution in [3.8, 4) is 11.1 Å². The zero-order chi connectivity index (χ0) is 18.0. The first kappa shape index (κ1) is 17.8. The molecule has 25 heavy (non-hydrogen) atoms. The van der Waals surface area contributed by atoms with Gasteiger partial charge in [0.25, 0.3) is 10.0 Å². The Morgan fingerprint density at radius 3 is 2.16 bits per heavy atom. The highest BCUT2D eigenvalue weighted by atomic mass is 35.5. The minimum atomic E-state index is -3.64. The molecule has 0 atom stereocenters. The van der Waals surface area contributed by atoms with E-state index in [-0.39, 0.29) is 4.90 Å². The van der Waals surface area contributed by atoms with E-state index in [0.29, 0.717) is 15.7 Å². The van der Waals surface area contributed by atoms with Crippen molar-refractivity contribution in [1.82, 2.24) is 0 Å². The molecule has 0 aliphatic rings. The largest absolute Gasteiger partial charge is 0.280 e. The van der Waals surface area contributed by atoms with Crippen molar-refractivity contribution in [3.05, 3.63) is 82.3 Å². The van der Waals surface area contributed by atoms with E-state index in [1.807, 2.05) is 19.1 Å². The number of hydrogen-bond acceptors (Lipinski definition) is 2. The number of nitrogens with one attached hydrogen (secondary N) is 1. The summed E-state index contributed by atoms with van der Waals surface area (Å²) in [5.74, 6) is 0. The number of rotatable bonds is 4. The van der Waals surface area contributed by atoms with Gasteiger partial charge in [0.2, 0.25) is 0 Å². The maximum Gasteiger partial charge on any atom is 0.261 e. The highest BCUT2D eigenvalue weighted by Gasteiger charge is 2.14. The predicted octanol–water partition coefficient (Wildman–Crippen LogP) is 5.77. The molecular formula is C19H15Cl2NO2S. The molecule has 128 valence electrons. The molecular weight excluding hydrogens is 377 g/mol. The Bertz CT molecular complexity index is 1020. The summed E-state index contributed by atoms with van der Waals surface area (Å²) in [6, 6.07) is 19.1. The number of benzene rings is 3. The van der Waals surface area contributed by atoms with Gasteiger partial charge >= 0.3 is 0 Å². The summed E-state index contributed by atoms with van der Waals surface area (Å²) in [7, 11) is -3.64. The fourth-order valence-electron chi connectivity index (χ4n) is 2.37. The number of hydrogen-bond donors (Lipinski definition) is 1. The van der Waals surface area contributed by atoms with Gasteiger partial charge in [-0.2, -0.15) is 0 Å². The molecule has 0 aliphatic carbocycles. The molecule has 6 heteroatoms. The van der Waals surface area contributed by atoms with Gasteiger partial charge in [-0.15, -0.1) is 0 Å². The lowest BCUT2D eigenvalue weighted by molar-refractivity contribution is 0.601. The molecule has 0 heterocycles. The number of aryl methyl sites for hydroxylation is 1. The monoisotopic (exact) mass is 391 g/mol. The van der Waals surface area contributed by atoms with Crippen molar-refractivity contribution >= 4 is 38.9 Å². The standard InChI is InChI=1S/C19H15Cl2NO2S/c1-13-5-8-17(9-6-13)25(23,24)22-16-4-2-3-14(11-16)15-7-10-18(20)19(21)12-15/h2-12,22H,1H3. The van der Waals surface area contributed by atoms with Crippen LogP contribution in [0.4, 0.5) is 5.69 Å². The highest BCUT2D eigenvalue weighted by molar-refractivity contribution is 7.92. The molecule has 0 saturated carbocycles. The third-order valence-corrected chi connectivity index (χ3v) is 5.84. The average molecular weight is 392 g/mol. The highest BCUT2D eigenvalue weighted by Crippen LogP contribution is 2.30. The molecule has 3 rings (SSSR count). The molecule has 0 radical (unpaired) electrons. The zero-order valence-corrected chi connectivity index (χ0v) is 15.7. The Hall–Kier alpha value is -2.01. The smallest absolute Gasteiger partial charge is 0.261 e. The summed E-state index contributed by atoms with van der Waals surface area (Å²) in [4.78, 5) is 0.220. The van der Waals surface area contributed by atoms with Crippen molar-refractivity contribution < 1.29 is 8.42 Å².